The van der Waals surface area contributed by atoms with Crippen molar-refractivity contribution in [3.63, 3.8) is 0 Å². The summed E-state index contributed by atoms with van der Waals surface area (Å²) in [5.41, 5.74) is 6.09. The zero-order valence-electron chi connectivity index (χ0n) is 14.5. The van der Waals surface area contributed by atoms with E-state index in [-0.39, 0.29) is 5.41 Å². The second kappa shape index (κ2) is 5.52. The van der Waals surface area contributed by atoms with Crippen LogP contribution in [0.3, 0.4) is 0 Å². The Kier molecular flexibility index (Phi) is 3.45. The van der Waals surface area contributed by atoms with Gasteiger partial charge in [-0.15, -0.1) is 0 Å². The van der Waals surface area contributed by atoms with Gasteiger partial charge >= 0.3 is 0 Å². The summed E-state index contributed by atoms with van der Waals surface area (Å²) in [6.07, 6.45) is 12.1. The molecule has 0 saturated heterocycles. The fourth-order valence-electron chi connectivity index (χ4n) is 3.73. The number of aryl methyl sites for hydroxylation is 2. The highest BCUT2D eigenvalue weighted by Crippen LogP contribution is 2.52. The summed E-state index contributed by atoms with van der Waals surface area (Å²) in [6, 6.07) is 13.0. The van der Waals surface area contributed by atoms with Gasteiger partial charge in [0.1, 0.15) is 11.5 Å². The van der Waals surface area contributed by atoms with Crippen molar-refractivity contribution in [3.8, 4) is 11.5 Å². The Hall–Kier alpha value is -2.54. The first-order valence-electron chi connectivity index (χ1n) is 8.53. The predicted molar refractivity (Wildman–Crippen MR) is 99.9 cm³/mol. The SMILES string of the molecule is Cc1ccc2c(c1)C(C)(C1=CC=CCC=C1)c1cc(C)ccc1O2. The first-order valence-corrected chi connectivity index (χ1v) is 8.53. The third kappa shape index (κ3) is 2.24. The maximum Gasteiger partial charge on any atom is 0.131 e. The minimum atomic E-state index is -0.216. The molecule has 1 nitrogen and oxygen atoms in total. The molecule has 0 atom stereocenters. The van der Waals surface area contributed by atoms with Crippen molar-refractivity contribution in [1.82, 2.24) is 0 Å². The van der Waals surface area contributed by atoms with Crippen molar-refractivity contribution in [2.24, 2.45) is 0 Å². The normalized spacial score (nSPS) is 17.4. The van der Waals surface area contributed by atoms with Crippen molar-refractivity contribution < 1.29 is 4.74 Å². The van der Waals surface area contributed by atoms with Gasteiger partial charge in [-0.1, -0.05) is 65.8 Å². The molecule has 0 spiro atoms. The van der Waals surface area contributed by atoms with Crippen LogP contribution in [0.5, 0.6) is 11.5 Å². The van der Waals surface area contributed by atoms with Crippen molar-refractivity contribution >= 4 is 0 Å². The topological polar surface area (TPSA) is 9.23 Å². The van der Waals surface area contributed by atoms with E-state index in [0.29, 0.717) is 0 Å². The minimum Gasteiger partial charge on any atom is -0.457 e. The maximum absolute atomic E-state index is 6.24. The molecule has 1 heteroatoms. The average molecular weight is 314 g/mol. The van der Waals surface area contributed by atoms with Crippen molar-refractivity contribution in [2.75, 3.05) is 0 Å². The van der Waals surface area contributed by atoms with Crippen LogP contribution >= 0.6 is 0 Å². The molecule has 0 N–H and O–H groups in total. The van der Waals surface area contributed by atoms with E-state index in [0.717, 1.165) is 17.9 Å². The van der Waals surface area contributed by atoms with Gasteiger partial charge in [0.25, 0.3) is 0 Å². The van der Waals surface area contributed by atoms with E-state index in [1.165, 1.54) is 27.8 Å². The summed E-state index contributed by atoms with van der Waals surface area (Å²) in [5.74, 6) is 1.92. The van der Waals surface area contributed by atoms with Gasteiger partial charge in [-0.3, -0.25) is 0 Å². The van der Waals surface area contributed by atoms with Gasteiger partial charge in [-0.2, -0.15) is 0 Å². The van der Waals surface area contributed by atoms with Gasteiger partial charge in [0.05, 0.1) is 0 Å². The third-order valence-corrected chi connectivity index (χ3v) is 5.13. The summed E-state index contributed by atoms with van der Waals surface area (Å²) in [4.78, 5) is 0. The fraction of sp³-hybridized carbons (Fsp3) is 0.217. The molecule has 0 amide bonds. The summed E-state index contributed by atoms with van der Waals surface area (Å²) < 4.78 is 6.24. The number of benzene rings is 2. The number of allylic oxidation sites excluding steroid dienone is 6. The maximum atomic E-state index is 6.24. The van der Waals surface area contributed by atoms with E-state index in [1.54, 1.807) is 0 Å². The van der Waals surface area contributed by atoms with Crippen LogP contribution in [-0.4, -0.2) is 0 Å². The molecule has 0 radical (unpaired) electrons. The van der Waals surface area contributed by atoms with E-state index >= 15 is 0 Å². The first kappa shape index (κ1) is 15.0. The second-order valence-corrected chi connectivity index (χ2v) is 6.91. The van der Waals surface area contributed by atoms with Gasteiger partial charge in [0, 0.05) is 16.5 Å². The second-order valence-electron chi connectivity index (χ2n) is 6.91. The zero-order chi connectivity index (χ0) is 16.7. The molecule has 4 rings (SSSR count). The standard InChI is InChI=1S/C23H22O/c1-16-10-12-21-19(14-16)23(3,18-8-6-4-5-7-9-18)20-15-17(2)11-13-22(20)24-21/h4,6-15H,5H2,1-3H3. The number of hydrogen-bond acceptors (Lipinski definition) is 1. The van der Waals surface area contributed by atoms with Crippen molar-refractivity contribution in [2.45, 2.75) is 32.6 Å². The number of rotatable bonds is 1. The van der Waals surface area contributed by atoms with E-state index in [9.17, 15) is 0 Å². The molecule has 0 fully saturated rings. The molecule has 0 unspecified atom stereocenters. The Morgan fingerprint density at radius 1 is 0.875 bits per heavy atom. The minimum absolute atomic E-state index is 0.216. The lowest BCUT2D eigenvalue weighted by Crippen LogP contribution is -2.30. The summed E-state index contributed by atoms with van der Waals surface area (Å²) >= 11 is 0. The lowest BCUT2D eigenvalue weighted by Gasteiger charge is -2.39. The van der Waals surface area contributed by atoms with Crippen molar-refractivity contribution in [1.29, 1.82) is 0 Å². The van der Waals surface area contributed by atoms with Gasteiger partial charge in [0.15, 0.2) is 0 Å². The Bertz CT molecular complexity index is 845. The highest BCUT2D eigenvalue weighted by atomic mass is 16.5. The van der Waals surface area contributed by atoms with Crippen LogP contribution in [0.25, 0.3) is 0 Å². The van der Waals surface area contributed by atoms with Crippen molar-refractivity contribution in [3.05, 3.63) is 94.6 Å². The summed E-state index contributed by atoms with van der Waals surface area (Å²) in [7, 11) is 0. The zero-order valence-corrected chi connectivity index (χ0v) is 14.5. The Labute approximate surface area is 144 Å². The molecule has 2 aromatic carbocycles. The van der Waals surface area contributed by atoms with E-state index in [1.807, 2.05) is 0 Å². The molecule has 1 heterocycles. The van der Waals surface area contributed by atoms with Crippen LogP contribution in [0.15, 0.2) is 72.4 Å². The summed E-state index contributed by atoms with van der Waals surface area (Å²) in [6.45, 7) is 6.61. The lowest BCUT2D eigenvalue weighted by molar-refractivity contribution is 0.426. The van der Waals surface area contributed by atoms with Crippen LogP contribution in [0, 0.1) is 13.8 Å². The molecule has 2 aliphatic rings. The Morgan fingerprint density at radius 3 is 2.12 bits per heavy atom. The molecule has 1 aliphatic carbocycles. The highest BCUT2D eigenvalue weighted by Gasteiger charge is 2.40. The molecular weight excluding hydrogens is 292 g/mol. The largest absolute Gasteiger partial charge is 0.457 e. The smallest absolute Gasteiger partial charge is 0.131 e. The van der Waals surface area contributed by atoms with Gasteiger partial charge in [-0.05, 0) is 44.9 Å². The van der Waals surface area contributed by atoms with Crippen LogP contribution in [0.2, 0.25) is 0 Å². The monoisotopic (exact) mass is 314 g/mol. The van der Waals surface area contributed by atoms with Crippen LogP contribution in [0.4, 0.5) is 0 Å². The quantitative estimate of drug-likeness (QED) is 0.612. The third-order valence-electron chi connectivity index (χ3n) is 5.13. The van der Waals surface area contributed by atoms with Gasteiger partial charge in [-0.25, -0.2) is 0 Å². The molecule has 24 heavy (non-hydrogen) atoms. The molecular formula is C23H22O. The highest BCUT2D eigenvalue weighted by molar-refractivity contribution is 5.65. The molecule has 1 aliphatic heterocycles. The van der Waals surface area contributed by atoms with Gasteiger partial charge < -0.3 is 4.74 Å². The number of fused-ring (bicyclic) bond motifs is 2. The Morgan fingerprint density at radius 2 is 1.50 bits per heavy atom. The number of hydrogen-bond donors (Lipinski definition) is 0. The molecule has 2 aromatic rings. The fourth-order valence-corrected chi connectivity index (χ4v) is 3.73. The Balaban J connectivity index is 2.04. The molecule has 120 valence electrons. The molecule has 0 bridgehead atoms. The lowest BCUT2D eigenvalue weighted by atomic mass is 9.68. The molecule has 0 saturated carbocycles. The van der Waals surface area contributed by atoms with E-state index in [2.05, 4.69) is 87.5 Å². The summed E-state index contributed by atoms with van der Waals surface area (Å²) in [5, 5.41) is 0. The average Bonchev–Trinajstić information content (AvgIpc) is 2.86. The van der Waals surface area contributed by atoms with Crippen LogP contribution < -0.4 is 4.74 Å². The number of ether oxygens (including phenoxy) is 1. The first-order chi connectivity index (χ1) is 11.6. The van der Waals surface area contributed by atoms with E-state index < -0.39 is 0 Å². The van der Waals surface area contributed by atoms with Crippen LogP contribution in [-0.2, 0) is 5.41 Å². The van der Waals surface area contributed by atoms with E-state index in [4.69, 9.17) is 4.74 Å². The van der Waals surface area contributed by atoms with Crippen LogP contribution in [0.1, 0.15) is 35.6 Å². The molecule has 0 aromatic heterocycles. The predicted octanol–water partition coefficient (Wildman–Crippen LogP) is 6.16. The van der Waals surface area contributed by atoms with Gasteiger partial charge in [0.2, 0.25) is 0 Å².